The Morgan fingerprint density at radius 1 is 1.33 bits per heavy atom. The molecule has 0 radical (unpaired) electrons. The summed E-state index contributed by atoms with van der Waals surface area (Å²) in [5, 5.41) is 7.95. The Kier molecular flexibility index (Phi) is 4.29. The molecular formula is C14H21N3O4. The average Bonchev–Trinajstić information content (AvgIpc) is 2.79. The summed E-state index contributed by atoms with van der Waals surface area (Å²) < 4.78 is 10.3. The molecule has 1 fully saturated rings. The third kappa shape index (κ3) is 3.59. The van der Waals surface area contributed by atoms with E-state index < -0.39 is 11.6 Å². The normalized spacial score (nSPS) is 21.3. The Morgan fingerprint density at radius 2 is 2.05 bits per heavy atom. The van der Waals surface area contributed by atoms with E-state index in [1.54, 1.807) is 11.8 Å². The van der Waals surface area contributed by atoms with Gasteiger partial charge in [0.1, 0.15) is 5.60 Å². The van der Waals surface area contributed by atoms with Crippen LogP contribution in [0.25, 0.3) is 0 Å². The number of carbonyl (C=O) groups excluding carboxylic acids is 2. The van der Waals surface area contributed by atoms with Crippen LogP contribution >= 0.6 is 0 Å². The van der Waals surface area contributed by atoms with Crippen LogP contribution < -0.4 is 0 Å². The van der Waals surface area contributed by atoms with Crippen LogP contribution in [0.5, 0.6) is 0 Å². The SMILES string of the molecule is CCOC(=O)C1=NN=C2CCN(C(=O)OC(C)(C)C)C[C@@H]21. The van der Waals surface area contributed by atoms with E-state index in [9.17, 15) is 9.59 Å². The van der Waals surface area contributed by atoms with Gasteiger partial charge in [-0.1, -0.05) is 0 Å². The molecular weight excluding hydrogens is 274 g/mol. The highest BCUT2D eigenvalue weighted by Gasteiger charge is 2.39. The number of likely N-dealkylation sites (tertiary alicyclic amines) is 1. The van der Waals surface area contributed by atoms with Crippen molar-refractivity contribution in [3.05, 3.63) is 0 Å². The van der Waals surface area contributed by atoms with Gasteiger partial charge in [0.05, 0.1) is 18.2 Å². The monoisotopic (exact) mass is 295 g/mol. The topological polar surface area (TPSA) is 80.6 Å². The van der Waals surface area contributed by atoms with E-state index in [1.807, 2.05) is 20.8 Å². The minimum Gasteiger partial charge on any atom is -0.461 e. The number of rotatable bonds is 2. The van der Waals surface area contributed by atoms with Gasteiger partial charge in [-0.05, 0) is 27.7 Å². The molecule has 2 aliphatic heterocycles. The van der Waals surface area contributed by atoms with Gasteiger partial charge in [-0.25, -0.2) is 9.59 Å². The summed E-state index contributed by atoms with van der Waals surface area (Å²) in [4.78, 5) is 25.5. The fourth-order valence-electron chi connectivity index (χ4n) is 2.27. The Morgan fingerprint density at radius 3 is 2.67 bits per heavy atom. The lowest BCUT2D eigenvalue weighted by Crippen LogP contribution is -2.48. The molecule has 2 rings (SSSR count). The zero-order chi connectivity index (χ0) is 15.6. The lowest BCUT2D eigenvalue weighted by Gasteiger charge is -2.33. The second kappa shape index (κ2) is 5.83. The molecule has 1 amide bonds. The van der Waals surface area contributed by atoms with Crippen molar-refractivity contribution in [3.63, 3.8) is 0 Å². The Bertz CT molecular complexity index is 505. The van der Waals surface area contributed by atoms with Gasteiger partial charge in [-0.3, -0.25) is 0 Å². The second-order valence-corrected chi connectivity index (χ2v) is 6.03. The van der Waals surface area contributed by atoms with Gasteiger partial charge < -0.3 is 14.4 Å². The predicted molar refractivity (Wildman–Crippen MR) is 77.4 cm³/mol. The highest BCUT2D eigenvalue weighted by molar-refractivity contribution is 6.42. The Labute approximate surface area is 124 Å². The first-order valence-corrected chi connectivity index (χ1v) is 7.11. The molecule has 1 saturated heterocycles. The fraction of sp³-hybridized carbons (Fsp3) is 0.714. The van der Waals surface area contributed by atoms with E-state index in [2.05, 4.69) is 10.2 Å². The van der Waals surface area contributed by atoms with Crippen LogP contribution in [0.15, 0.2) is 10.2 Å². The van der Waals surface area contributed by atoms with Crippen LogP contribution in [0.3, 0.4) is 0 Å². The molecule has 0 N–H and O–H groups in total. The summed E-state index contributed by atoms with van der Waals surface area (Å²) in [5.74, 6) is -0.738. The van der Waals surface area contributed by atoms with Crippen LogP contribution in [0.4, 0.5) is 4.79 Å². The number of esters is 1. The van der Waals surface area contributed by atoms with Gasteiger partial charge in [-0.2, -0.15) is 5.10 Å². The molecule has 0 aromatic carbocycles. The van der Waals surface area contributed by atoms with Gasteiger partial charge in [-0.15, -0.1) is 5.10 Å². The summed E-state index contributed by atoms with van der Waals surface area (Å²) in [6.45, 7) is 8.37. The van der Waals surface area contributed by atoms with Crippen LogP contribution in [0.1, 0.15) is 34.1 Å². The fourth-order valence-corrected chi connectivity index (χ4v) is 2.27. The molecule has 0 bridgehead atoms. The van der Waals surface area contributed by atoms with Crippen molar-refractivity contribution in [1.29, 1.82) is 0 Å². The molecule has 0 aromatic rings. The molecule has 0 saturated carbocycles. The third-order valence-corrected chi connectivity index (χ3v) is 3.20. The smallest absolute Gasteiger partial charge is 0.410 e. The van der Waals surface area contributed by atoms with Crippen molar-refractivity contribution in [2.45, 2.75) is 39.7 Å². The first-order valence-electron chi connectivity index (χ1n) is 7.11. The summed E-state index contributed by atoms with van der Waals surface area (Å²) in [5.41, 5.74) is 0.567. The van der Waals surface area contributed by atoms with Crippen molar-refractivity contribution < 1.29 is 19.1 Å². The van der Waals surface area contributed by atoms with Crippen molar-refractivity contribution in [3.8, 4) is 0 Å². The highest BCUT2D eigenvalue weighted by atomic mass is 16.6. The second-order valence-electron chi connectivity index (χ2n) is 6.03. The third-order valence-electron chi connectivity index (χ3n) is 3.20. The maximum atomic E-state index is 12.1. The number of nitrogens with zero attached hydrogens (tertiary/aromatic N) is 3. The summed E-state index contributed by atoms with van der Waals surface area (Å²) in [7, 11) is 0. The molecule has 0 spiro atoms. The first-order chi connectivity index (χ1) is 9.81. The van der Waals surface area contributed by atoms with E-state index in [-0.39, 0.29) is 24.3 Å². The van der Waals surface area contributed by atoms with Crippen molar-refractivity contribution >= 4 is 23.5 Å². The lowest BCUT2D eigenvalue weighted by molar-refractivity contribution is -0.135. The Hall–Kier alpha value is -1.92. The van der Waals surface area contributed by atoms with Crippen LogP contribution in [0, 0.1) is 5.92 Å². The van der Waals surface area contributed by atoms with Crippen molar-refractivity contribution in [1.82, 2.24) is 4.90 Å². The van der Waals surface area contributed by atoms with E-state index in [1.165, 1.54) is 0 Å². The van der Waals surface area contributed by atoms with Gasteiger partial charge >= 0.3 is 12.1 Å². The predicted octanol–water partition coefficient (Wildman–Crippen LogP) is 1.62. The molecule has 0 aromatic heterocycles. The first kappa shape index (κ1) is 15.5. The van der Waals surface area contributed by atoms with E-state index in [4.69, 9.17) is 9.47 Å². The molecule has 7 heteroatoms. The van der Waals surface area contributed by atoms with E-state index in [0.29, 0.717) is 19.5 Å². The number of amides is 1. The molecule has 0 aliphatic carbocycles. The van der Waals surface area contributed by atoms with E-state index in [0.717, 1.165) is 5.71 Å². The Balaban J connectivity index is 2.03. The van der Waals surface area contributed by atoms with Gasteiger partial charge in [0.25, 0.3) is 0 Å². The summed E-state index contributed by atoms with van der Waals surface area (Å²) in [6.07, 6.45) is 0.215. The summed E-state index contributed by atoms with van der Waals surface area (Å²) in [6, 6.07) is 0. The minimum absolute atomic E-state index is 0.273. The molecule has 2 aliphatic rings. The number of hydrogen-bond acceptors (Lipinski definition) is 6. The average molecular weight is 295 g/mol. The highest BCUT2D eigenvalue weighted by Crippen LogP contribution is 2.23. The minimum atomic E-state index is -0.542. The molecule has 1 atom stereocenters. The molecule has 7 nitrogen and oxygen atoms in total. The molecule has 21 heavy (non-hydrogen) atoms. The number of fused-ring (bicyclic) bond motifs is 1. The standard InChI is InChI=1S/C14H21N3O4/c1-5-20-12(18)11-9-8-17(7-6-10(9)15-16-11)13(19)21-14(2,3)4/h9H,5-8H2,1-4H3/t9-/m0/s1. The van der Waals surface area contributed by atoms with Gasteiger partial charge in [0.2, 0.25) is 0 Å². The number of hydrogen-bond donors (Lipinski definition) is 0. The van der Waals surface area contributed by atoms with E-state index >= 15 is 0 Å². The van der Waals surface area contributed by atoms with Gasteiger partial charge in [0.15, 0.2) is 5.71 Å². The van der Waals surface area contributed by atoms with Crippen molar-refractivity contribution in [2.75, 3.05) is 19.7 Å². The van der Waals surface area contributed by atoms with Crippen LogP contribution in [0.2, 0.25) is 0 Å². The number of ether oxygens (including phenoxy) is 2. The molecule has 2 heterocycles. The van der Waals surface area contributed by atoms with Crippen LogP contribution in [-0.2, 0) is 14.3 Å². The largest absolute Gasteiger partial charge is 0.461 e. The molecule has 0 unspecified atom stereocenters. The van der Waals surface area contributed by atoms with Crippen molar-refractivity contribution in [2.24, 2.45) is 16.1 Å². The lowest BCUT2D eigenvalue weighted by atomic mass is 9.92. The maximum absolute atomic E-state index is 12.1. The summed E-state index contributed by atoms with van der Waals surface area (Å²) >= 11 is 0. The zero-order valence-corrected chi connectivity index (χ0v) is 12.9. The number of carbonyl (C=O) groups is 2. The maximum Gasteiger partial charge on any atom is 0.410 e. The van der Waals surface area contributed by atoms with Crippen LogP contribution in [-0.4, -0.2) is 53.7 Å². The van der Waals surface area contributed by atoms with Gasteiger partial charge in [0, 0.05) is 19.5 Å². The quantitative estimate of drug-likeness (QED) is 0.725. The zero-order valence-electron chi connectivity index (χ0n) is 12.9. The number of piperidine rings is 1. The molecule has 116 valence electrons.